The number of carbonyl (C=O) groups is 1. The number of aromatic nitrogens is 2. The van der Waals surface area contributed by atoms with Crippen LogP contribution in [0.5, 0.6) is 17.4 Å². The van der Waals surface area contributed by atoms with Gasteiger partial charge in [-0.25, -0.2) is 24.0 Å². The highest BCUT2D eigenvalue weighted by Crippen LogP contribution is 2.24. The van der Waals surface area contributed by atoms with E-state index < -0.39 is 11.9 Å². The minimum atomic E-state index is -0.581. The van der Waals surface area contributed by atoms with E-state index in [1.165, 1.54) is 24.4 Å². The molecule has 0 amide bonds. The van der Waals surface area contributed by atoms with Gasteiger partial charge in [-0.15, -0.1) is 0 Å². The van der Waals surface area contributed by atoms with E-state index in [-0.39, 0.29) is 18.3 Å². The number of halogens is 1. The fraction of sp³-hybridized carbons (Fsp3) is 0.238. The van der Waals surface area contributed by atoms with Gasteiger partial charge in [0.1, 0.15) is 18.2 Å². The lowest BCUT2D eigenvalue weighted by atomic mass is 10.2. The zero-order valence-electron chi connectivity index (χ0n) is 16.7. The van der Waals surface area contributed by atoms with Crippen LogP contribution in [0.3, 0.4) is 0 Å². The van der Waals surface area contributed by atoms with Gasteiger partial charge in [0, 0.05) is 6.07 Å². The quantitative estimate of drug-likeness (QED) is 0.306. The number of nitrogens with zero attached hydrogens (tertiary/aromatic N) is 3. The zero-order valence-corrected chi connectivity index (χ0v) is 16.7. The second-order valence-electron chi connectivity index (χ2n) is 6.64. The molecular formula is C21H20FN3O5. The molecule has 156 valence electrons. The average molecular weight is 413 g/mol. The molecule has 3 aromatic rings. The number of fused-ring (bicyclic) bond motifs is 1. The summed E-state index contributed by atoms with van der Waals surface area (Å²) in [6.45, 7) is 5.29. The number of benzene rings is 2. The highest BCUT2D eigenvalue weighted by molar-refractivity contribution is 5.78. The van der Waals surface area contributed by atoms with E-state index in [4.69, 9.17) is 19.3 Å². The number of hydrogen-bond donors (Lipinski definition) is 0. The smallest absolute Gasteiger partial charge is 0.361 e. The second-order valence-corrected chi connectivity index (χ2v) is 6.64. The van der Waals surface area contributed by atoms with Crippen LogP contribution in [0.25, 0.3) is 11.0 Å². The van der Waals surface area contributed by atoms with Gasteiger partial charge in [0.05, 0.1) is 28.9 Å². The summed E-state index contributed by atoms with van der Waals surface area (Å²) in [6, 6.07) is 10.5. The maximum Gasteiger partial charge on any atom is 0.361 e. The van der Waals surface area contributed by atoms with Crippen molar-refractivity contribution < 1.29 is 28.5 Å². The van der Waals surface area contributed by atoms with Crippen molar-refractivity contribution in [2.75, 3.05) is 6.61 Å². The van der Waals surface area contributed by atoms with Gasteiger partial charge in [0.25, 0.3) is 0 Å². The minimum Gasteiger partial charge on any atom is -0.437 e. The fourth-order valence-electron chi connectivity index (χ4n) is 2.22. The molecule has 0 radical (unpaired) electrons. The third-order valence-electron chi connectivity index (χ3n) is 3.72. The third kappa shape index (κ3) is 5.87. The van der Waals surface area contributed by atoms with Crippen LogP contribution in [0.1, 0.15) is 20.8 Å². The van der Waals surface area contributed by atoms with E-state index in [0.717, 1.165) is 5.71 Å². The summed E-state index contributed by atoms with van der Waals surface area (Å²) in [6.07, 6.45) is 1.40. The van der Waals surface area contributed by atoms with Crippen molar-refractivity contribution in [3.05, 3.63) is 54.5 Å². The van der Waals surface area contributed by atoms with Crippen molar-refractivity contribution in [1.29, 1.82) is 0 Å². The Bertz CT molecular complexity index is 1050. The van der Waals surface area contributed by atoms with Crippen LogP contribution in [0.15, 0.2) is 53.8 Å². The van der Waals surface area contributed by atoms with Gasteiger partial charge in [-0.3, -0.25) is 4.89 Å². The average Bonchev–Trinajstić information content (AvgIpc) is 2.72. The van der Waals surface area contributed by atoms with Gasteiger partial charge in [-0.1, -0.05) is 5.16 Å². The molecule has 1 aromatic heterocycles. The monoisotopic (exact) mass is 413 g/mol. The normalized spacial score (nSPS) is 11.5. The van der Waals surface area contributed by atoms with Crippen molar-refractivity contribution in [1.82, 2.24) is 9.97 Å². The van der Waals surface area contributed by atoms with Crippen molar-refractivity contribution in [3.8, 4) is 17.4 Å². The Balaban J connectivity index is 1.53. The highest BCUT2D eigenvalue weighted by atomic mass is 19.1. The van der Waals surface area contributed by atoms with Crippen LogP contribution in [-0.2, 0) is 14.5 Å². The second kappa shape index (κ2) is 9.64. The molecule has 0 N–H and O–H groups in total. The molecule has 8 nitrogen and oxygen atoms in total. The Morgan fingerprint density at radius 3 is 2.57 bits per heavy atom. The van der Waals surface area contributed by atoms with Crippen LogP contribution in [0.2, 0.25) is 0 Å². The SMILES string of the molecule is CC(C)=NOCC(C)C(=O)OOc1ccc(Oc2cnc3cc(F)ccc3n2)cc1. The van der Waals surface area contributed by atoms with Gasteiger partial charge in [-0.2, -0.15) is 0 Å². The standard InChI is InChI=1S/C21H20FN3O5/c1-13(2)25-27-12-14(3)21(26)30-29-17-7-5-16(6-8-17)28-20-11-23-19-10-15(22)4-9-18(19)24-20/h4-11,14H,12H2,1-3H3. The summed E-state index contributed by atoms with van der Waals surface area (Å²) in [5.41, 5.74) is 1.69. The maximum atomic E-state index is 13.2. The predicted octanol–water partition coefficient (Wildman–Crippen LogP) is 4.45. The Morgan fingerprint density at radius 2 is 1.83 bits per heavy atom. The lowest BCUT2D eigenvalue weighted by Gasteiger charge is -2.10. The summed E-state index contributed by atoms with van der Waals surface area (Å²) in [5, 5.41) is 3.76. The van der Waals surface area contributed by atoms with Gasteiger partial charge in [-0.05, 0) is 57.2 Å². The first-order valence-corrected chi connectivity index (χ1v) is 9.12. The largest absolute Gasteiger partial charge is 0.437 e. The van der Waals surface area contributed by atoms with Gasteiger partial charge in [0.2, 0.25) is 5.88 Å². The Morgan fingerprint density at radius 1 is 1.10 bits per heavy atom. The predicted molar refractivity (Wildman–Crippen MR) is 107 cm³/mol. The Kier molecular flexibility index (Phi) is 6.74. The summed E-state index contributed by atoms with van der Waals surface area (Å²) in [5.74, 6) is -0.468. The van der Waals surface area contributed by atoms with E-state index >= 15 is 0 Å². The molecule has 30 heavy (non-hydrogen) atoms. The molecule has 1 heterocycles. The van der Waals surface area contributed by atoms with E-state index in [9.17, 15) is 9.18 Å². The van der Waals surface area contributed by atoms with Crippen molar-refractivity contribution in [2.45, 2.75) is 20.8 Å². The molecule has 0 saturated carbocycles. The summed E-state index contributed by atoms with van der Waals surface area (Å²) in [4.78, 5) is 35.1. The summed E-state index contributed by atoms with van der Waals surface area (Å²) in [7, 11) is 0. The molecule has 2 aromatic carbocycles. The lowest BCUT2D eigenvalue weighted by molar-refractivity contribution is -0.219. The van der Waals surface area contributed by atoms with Crippen molar-refractivity contribution in [3.63, 3.8) is 0 Å². The number of hydrogen-bond acceptors (Lipinski definition) is 8. The van der Waals surface area contributed by atoms with Gasteiger partial charge >= 0.3 is 5.97 Å². The Hall–Kier alpha value is -3.75. The van der Waals surface area contributed by atoms with E-state index in [1.807, 2.05) is 0 Å². The molecule has 0 fully saturated rings. The van der Waals surface area contributed by atoms with Gasteiger partial charge in [0.15, 0.2) is 5.75 Å². The summed E-state index contributed by atoms with van der Waals surface area (Å²) < 4.78 is 18.8. The molecule has 9 heteroatoms. The van der Waals surface area contributed by atoms with Crippen LogP contribution >= 0.6 is 0 Å². The van der Waals surface area contributed by atoms with Crippen molar-refractivity contribution in [2.24, 2.45) is 11.1 Å². The fourth-order valence-corrected chi connectivity index (χ4v) is 2.22. The molecule has 0 saturated heterocycles. The first kappa shape index (κ1) is 21.0. The third-order valence-corrected chi connectivity index (χ3v) is 3.72. The maximum absolute atomic E-state index is 13.2. The van der Waals surface area contributed by atoms with E-state index in [2.05, 4.69) is 15.1 Å². The molecule has 0 bridgehead atoms. The van der Waals surface area contributed by atoms with Crippen LogP contribution < -0.4 is 9.62 Å². The Labute approximate surface area is 172 Å². The number of oxime groups is 1. The van der Waals surface area contributed by atoms with Crippen LogP contribution in [0, 0.1) is 11.7 Å². The van der Waals surface area contributed by atoms with Crippen molar-refractivity contribution >= 4 is 22.7 Å². The van der Waals surface area contributed by atoms with E-state index in [1.54, 1.807) is 45.0 Å². The molecule has 1 atom stereocenters. The number of ether oxygens (including phenoxy) is 1. The summed E-state index contributed by atoms with van der Waals surface area (Å²) >= 11 is 0. The first-order chi connectivity index (χ1) is 14.4. The molecular weight excluding hydrogens is 393 g/mol. The minimum absolute atomic E-state index is 0.0829. The molecule has 0 aliphatic heterocycles. The number of carbonyl (C=O) groups excluding carboxylic acids is 1. The number of rotatable bonds is 8. The molecule has 0 aliphatic carbocycles. The molecule has 1 unspecified atom stereocenters. The first-order valence-electron chi connectivity index (χ1n) is 9.12. The topological polar surface area (TPSA) is 92.1 Å². The molecule has 3 rings (SSSR count). The van der Waals surface area contributed by atoms with Gasteiger partial charge < -0.3 is 9.57 Å². The van der Waals surface area contributed by atoms with Crippen LogP contribution in [0.4, 0.5) is 4.39 Å². The lowest BCUT2D eigenvalue weighted by Crippen LogP contribution is -2.20. The highest BCUT2D eigenvalue weighted by Gasteiger charge is 2.17. The van der Waals surface area contributed by atoms with Crippen LogP contribution in [-0.4, -0.2) is 28.3 Å². The zero-order chi connectivity index (χ0) is 21.5. The molecule has 0 spiro atoms. The molecule has 0 aliphatic rings. The van der Waals surface area contributed by atoms with E-state index in [0.29, 0.717) is 22.5 Å².